The van der Waals surface area contributed by atoms with Gasteiger partial charge < -0.3 is 20.5 Å². The van der Waals surface area contributed by atoms with Crippen molar-refractivity contribution in [2.45, 2.75) is 0 Å². The van der Waals surface area contributed by atoms with Gasteiger partial charge in [0, 0.05) is 17.3 Å². The van der Waals surface area contributed by atoms with Gasteiger partial charge >= 0.3 is 0 Å². The molecular formula is C15H15FN2O3. The molecule has 0 spiro atoms. The van der Waals surface area contributed by atoms with Crippen LogP contribution in [0.1, 0.15) is 10.4 Å². The van der Waals surface area contributed by atoms with Gasteiger partial charge in [-0.1, -0.05) is 0 Å². The van der Waals surface area contributed by atoms with Gasteiger partial charge in [-0.25, -0.2) is 4.39 Å². The van der Waals surface area contributed by atoms with E-state index >= 15 is 0 Å². The van der Waals surface area contributed by atoms with Crippen LogP contribution in [0.5, 0.6) is 11.5 Å². The molecule has 0 heterocycles. The fourth-order valence-corrected chi connectivity index (χ4v) is 1.77. The summed E-state index contributed by atoms with van der Waals surface area (Å²) in [4.78, 5) is 12.2. The maximum atomic E-state index is 13.6. The highest BCUT2D eigenvalue weighted by molar-refractivity contribution is 6.05. The number of anilines is 2. The molecule has 2 rings (SSSR count). The number of nitrogens with two attached hydrogens (primary N) is 1. The number of amides is 1. The molecule has 5 nitrogen and oxygen atoms in total. The topological polar surface area (TPSA) is 73.6 Å². The summed E-state index contributed by atoms with van der Waals surface area (Å²) >= 11 is 0. The quantitative estimate of drug-likeness (QED) is 0.849. The first-order valence-corrected chi connectivity index (χ1v) is 6.13. The van der Waals surface area contributed by atoms with Gasteiger partial charge in [-0.3, -0.25) is 4.79 Å². The van der Waals surface area contributed by atoms with E-state index in [2.05, 4.69) is 5.32 Å². The van der Waals surface area contributed by atoms with Crippen molar-refractivity contribution >= 4 is 17.3 Å². The number of carbonyl (C=O) groups is 1. The van der Waals surface area contributed by atoms with Crippen molar-refractivity contribution in [3.05, 3.63) is 47.8 Å². The summed E-state index contributed by atoms with van der Waals surface area (Å²) in [5, 5.41) is 2.46. The number of carbonyl (C=O) groups excluding carboxylic acids is 1. The molecule has 2 aromatic rings. The number of methoxy groups -OCH3 is 2. The SMILES string of the molecule is COc1cc(OC)cc(C(=O)Nc2cc(N)ccc2F)c1. The van der Waals surface area contributed by atoms with Crippen molar-refractivity contribution in [3.63, 3.8) is 0 Å². The maximum absolute atomic E-state index is 13.6. The number of rotatable bonds is 4. The third-order valence-electron chi connectivity index (χ3n) is 2.85. The third-order valence-corrected chi connectivity index (χ3v) is 2.85. The van der Waals surface area contributed by atoms with Gasteiger partial charge in [-0.15, -0.1) is 0 Å². The predicted molar refractivity (Wildman–Crippen MR) is 78.3 cm³/mol. The highest BCUT2D eigenvalue weighted by Crippen LogP contribution is 2.24. The van der Waals surface area contributed by atoms with Crippen molar-refractivity contribution in [1.29, 1.82) is 0 Å². The van der Waals surface area contributed by atoms with E-state index in [0.717, 1.165) is 0 Å². The van der Waals surface area contributed by atoms with Gasteiger partial charge in [0.2, 0.25) is 0 Å². The van der Waals surface area contributed by atoms with Crippen LogP contribution in [-0.4, -0.2) is 20.1 Å². The number of nitrogens with one attached hydrogen (secondary N) is 1. The Morgan fingerprint density at radius 2 is 1.71 bits per heavy atom. The van der Waals surface area contributed by atoms with Crippen LogP contribution >= 0.6 is 0 Å². The zero-order valence-electron chi connectivity index (χ0n) is 11.6. The lowest BCUT2D eigenvalue weighted by molar-refractivity contribution is 0.102. The molecule has 21 heavy (non-hydrogen) atoms. The van der Waals surface area contributed by atoms with Crippen LogP contribution in [0.15, 0.2) is 36.4 Å². The van der Waals surface area contributed by atoms with E-state index in [9.17, 15) is 9.18 Å². The van der Waals surface area contributed by atoms with Gasteiger partial charge in [0.15, 0.2) is 0 Å². The van der Waals surface area contributed by atoms with Crippen LogP contribution in [0.3, 0.4) is 0 Å². The van der Waals surface area contributed by atoms with Crippen LogP contribution in [0.2, 0.25) is 0 Å². The van der Waals surface area contributed by atoms with E-state index in [1.807, 2.05) is 0 Å². The number of benzene rings is 2. The predicted octanol–water partition coefficient (Wildman–Crippen LogP) is 2.68. The highest BCUT2D eigenvalue weighted by atomic mass is 19.1. The number of hydrogen-bond acceptors (Lipinski definition) is 4. The van der Waals surface area contributed by atoms with E-state index in [4.69, 9.17) is 15.2 Å². The van der Waals surface area contributed by atoms with E-state index in [1.165, 1.54) is 44.6 Å². The molecule has 1 amide bonds. The molecule has 0 radical (unpaired) electrons. The normalized spacial score (nSPS) is 10.0. The second kappa shape index (κ2) is 6.13. The third kappa shape index (κ3) is 3.42. The van der Waals surface area contributed by atoms with Crippen molar-refractivity contribution < 1.29 is 18.7 Å². The Labute approximate surface area is 121 Å². The molecule has 0 fully saturated rings. The summed E-state index contributed by atoms with van der Waals surface area (Å²) in [6.07, 6.45) is 0. The molecule has 0 aliphatic carbocycles. The first-order valence-electron chi connectivity index (χ1n) is 6.13. The molecule has 0 saturated heterocycles. The standard InChI is InChI=1S/C15H15FN2O3/c1-20-11-5-9(6-12(8-11)21-2)15(19)18-14-7-10(17)3-4-13(14)16/h3-8H,17H2,1-2H3,(H,18,19). The van der Waals surface area contributed by atoms with Crippen molar-refractivity contribution in [2.24, 2.45) is 0 Å². The number of hydrogen-bond donors (Lipinski definition) is 2. The largest absolute Gasteiger partial charge is 0.497 e. The van der Waals surface area contributed by atoms with Crippen molar-refractivity contribution in [1.82, 2.24) is 0 Å². The molecule has 0 aliphatic heterocycles. The minimum atomic E-state index is -0.563. The average Bonchev–Trinajstić information content (AvgIpc) is 2.50. The van der Waals surface area contributed by atoms with Gasteiger partial charge in [0.25, 0.3) is 5.91 Å². The van der Waals surface area contributed by atoms with E-state index < -0.39 is 11.7 Å². The lowest BCUT2D eigenvalue weighted by Gasteiger charge is -2.10. The Morgan fingerprint density at radius 3 is 2.29 bits per heavy atom. The van der Waals surface area contributed by atoms with Gasteiger partial charge in [0.05, 0.1) is 19.9 Å². The molecule has 0 saturated carbocycles. The Balaban J connectivity index is 2.29. The average molecular weight is 290 g/mol. The molecule has 3 N–H and O–H groups in total. The van der Waals surface area contributed by atoms with Crippen LogP contribution in [0, 0.1) is 5.82 Å². The van der Waals surface area contributed by atoms with Crippen LogP contribution in [0.4, 0.5) is 15.8 Å². The monoisotopic (exact) mass is 290 g/mol. The Hall–Kier alpha value is -2.76. The smallest absolute Gasteiger partial charge is 0.256 e. The summed E-state index contributed by atoms with van der Waals surface area (Å²) in [5.41, 5.74) is 6.23. The Kier molecular flexibility index (Phi) is 4.27. The molecule has 6 heteroatoms. The molecule has 0 bridgehead atoms. The van der Waals surface area contributed by atoms with E-state index in [0.29, 0.717) is 17.2 Å². The number of nitrogen functional groups attached to an aromatic ring is 1. The molecule has 0 aromatic heterocycles. The van der Waals surface area contributed by atoms with Gasteiger partial charge in [-0.2, -0.15) is 0 Å². The highest BCUT2D eigenvalue weighted by Gasteiger charge is 2.12. The Morgan fingerprint density at radius 1 is 1.10 bits per heavy atom. The summed E-state index contributed by atoms with van der Waals surface area (Å²) < 4.78 is 23.8. The van der Waals surface area contributed by atoms with E-state index in [-0.39, 0.29) is 11.3 Å². The number of ether oxygens (including phenoxy) is 2. The van der Waals surface area contributed by atoms with Crippen molar-refractivity contribution in [2.75, 3.05) is 25.3 Å². The van der Waals surface area contributed by atoms with E-state index in [1.54, 1.807) is 6.07 Å². The molecule has 0 aliphatic rings. The minimum absolute atomic E-state index is 0.0155. The summed E-state index contributed by atoms with van der Waals surface area (Å²) in [6, 6.07) is 8.66. The zero-order valence-corrected chi connectivity index (χ0v) is 11.6. The zero-order chi connectivity index (χ0) is 15.4. The first kappa shape index (κ1) is 14.6. The summed E-state index contributed by atoms with van der Waals surface area (Å²) in [5.74, 6) is -0.121. The lowest BCUT2D eigenvalue weighted by Crippen LogP contribution is -2.13. The van der Waals surface area contributed by atoms with Crippen LogP contribution in [-0.2, 0) is 0 Å². The second-order valence-corrected chi connectivity index (χ2v) is 4.29. The van der Waals surface area contributed by atoms with Crippen LogP contribution in [0.25, 0.3) is 0 Å². The van der Waals surface area contributed by atoms with Crippen LogP contribution < -0.4 is 20.5 Å². The lowest BCUT2D eigenvalue weighted by atomic mass is 10.1. The second-order valence-electron chi connectivity index (χ2n) is 4.29. The first-order chi connectivity index (χ1) is 10.0. The molecule has 0 atom stereocenters. The van der Waals surface area contributed by atoms with Crippen molar-refractivity contribution in [3.8, 4) is 11.5 Å². The minimum Gasteiger partial charge on any atom is -0.497 e. The maximum Gasteiger partial charge on any atom is 0.256 e. The van der Waals surface area contributed by atoms with Gasteiger partial charge in [0.1, 0.15) is 17.3 Å². The molecule has 110 valence electrons. The molecular weight excluding hydrogens is 275 g/mol. The summed E-state index contributed by atoms with van der Waals surface area (Å²) in [6.45, 7) is 0. The molecule has 0 unspecified atom stereocenters. The fraction of sp³-hybridized carbons (Fsp3) is 0.133. The van der Waals surface area contributed by atoms with Gasteiger partial charge in [-0.05, 0) is 30.3 Å². The fourth-order valence-electron chi connectivity index (χ4n) is 1.77. The summed E-state index contributed by atoms with van der Waals surface area (Å²) in [7, 11) is 2.96. The number of halogens is 1. The molecule has 2 aromatic carbocycles. The Bertz CT molecular complexity index is 652.